The Morgan fingerprint density at radius 2 is 1.78 bits per heavy atom. The molecule has 1 heterocycles. The summed E-state index contributed by atoms with van der Waals surface area (Å²) in [6, 6.07) is 6.97. The van der Waals surface area contributed by atoms with Gasteiger partial charge in [-0.25, -0.2) is 27.9 Å². The van der Waals surface area contributed by atoms with Gasteiger partial charge >= 0.3 is 6.09 Å². The van der Waals surface area contributed by atoms with E-state index < -0.39 is 23.5 Å². The average molecular weight is 319 g/mol. The van der Waals surface area contributed by atoms with Crippen LogP contribution in [-0.2, 0) is 0 Å². The second kappa shape index (κ2) is 5.91. The Balaban J connectivity index is 1.77. The number of carbonyl (C=O) groups is 1. The summed E-state index contributed by atoms with van der Waals surface area (Å²) < 4.78 is 44.2. The van der Waals surface area contributed by atoms with E-state index >= 15 is 0 Å². The first-order valence-corrected chi connectivity index (χ1v) is 6.38. The fourth-order valence-corrected chi connectivity index (χ4v) is 1.83. The maximum absolute atomic E-state index is 13.5. The smallest absolute Gasteiger partial charge is 0.410 e. The molecule has 0 atom stereocenters. The molecule has 0 radical (unpaired) electrons. The van der Waals surface area contributed by atoms with Crippen molar-refractivity contribution in [1.82, 2.24) is 9.97 Å². The van der Waals surface area contributed by atoms with E-state index in [0.717, 1.165) is 24.4 Å². The highest BCUT2D eigenvalue weighted by molar-refractivity contribution is 5.86. The maximum atomic E-state index is 13.5. The number of rotatable bonds is 2. The topological polar surface area (TPSA) is 64.1 Å². The van der Waals surface area contributed by atoms with Gasteiger partial charge in [0.25, 0.3) is 0 Å². The summed E-state index contributed by atoms with van der Waals surface area (Å²) in [7, 11) is 0. The molecular formula is C15H8F3N3O2. The highest BCUT2D eigenvalue weighted by atomic mass is 19.2. The van der Waals surface area contributed by atoms with Crippen LogP contribution in [0.4, 0.5) is 23.8 Å². The van der Waals surface area contributed by atoms with Crippen LogP contribution in [0.5, 0.6) is 5.75 Å². The van der Waals surface area contributed by atoms with Gasteiger partial charge in [-0.1, -0.05) is 0 Å². The molecule has 23 heavy (non-hydrogen) atoms. The molecule has 116 valence electrons. The number of hydrogen-bond donors (Lipinski definition) is 1. The number of nitrogens with zero attached hydrogens (tertiary/aromatic N) is 2. The van der Waals surface area contributed by atoms with Crippen molar-refractivity contribution < 1.29 is 22.7 Å². The quantitative estimate of drug-likeness (QED) is 0.783. The van der Waals surface area contributed by atoms with Crippen LogP contribution in [0.1, 0.15) is 0 Å². The van der Waals surface area contributed by atoms with Gasteiger partial charge in [-0.2, -0.15) is 0 Å². The molecule has 3 aromatic rings. The van der Waals surface area contributed by atoms with Crippen molar-refractivity contribution in [2.75, 3.05) is 5.32 Å². The molecule has 0 aliphatic heterocycles. The minimum atomic E-state index is -1.12. The van der Waals surface area contributed by atoms with E-state index in [1.54, 1.807) is 0 Å². The molecule has 1 aromatic heterocycles. The summed E-state index contributed by atoms with van der Waals surface area (Å²) in [5.41, 5.74) is -0.175. The molecule has 5 nitrogen and oxygen atoms in total. The Labute approximate surface area is 127 Å². The molecule has 0 saturated carbocycles. The molecule has 0 fully saturated rings. The van der Waals surface area contributed by atoms with Crippen molar-refractivity contribution in [1.29, 1.82) is 0 Å². The second-order valence-corrected chi connectivity index (χ2v) is 4.45. The third-order valence-electron chi connectivity index (χ3n) is 2.86. The van der Waals surface area contributed by atoms with Crippen LogP contribution in [0, 0.1) is 17.5 Å². The number of benzene rings is 2. The Bertz CT molecular complexity index is 885. The standard InChI is InChI=1S/C15H8F3N3O2/c16-8-1-3-9(4-2-8)23-15(22)21-12-7-19-14-11(20-12)6-5-10(17)13(14)18/h1-7H,(H,20,21,22). The third kappa shape index (κ3) is 3.20. The van der Waals surface area contributed by atoms with Gasteiger partial charge in [0.15, 0.2) is 17.5 Å². The van der Waals surface area contributed by atoms with Gasteiger partial charge in [-0.05, 0) is 36.4 Å². The van der Waals surface area contributed by atoms with Gasteiger partial charge in [0.1, 0.15) is 17.1 Å². The number of ether oxygens (including phenoxy) is 1. The van der Waals surface area contributed by atoms with Crippen molar-refractivity contribution in [2.24, 2.45) is 0 Å². The highest BCUT2D eigenvalue weighted by Crippen LogP contribution is 2.18. The second-order valence-electron chi connectivity index (χ2n) is 4.45. The SMILES string of the molecule is O=C(Nc1cnc2c(F)c(F)ccc2n1)Oc1ccc(F)cc1. The van der Waals surface area contributed by atoms with E-state index in [1.807, 2.05) is 0 Å². The average Bonchev–Trinajstić information content (AvgIpc) is 2.53. The van der Waals surface area contributed by atoms with E-state index in [4.69, 9.17) is 4.74 Å². The number of carbonyl (C=O) groups excluding carboxylic acids is 1. The van der Waals surface area contributed by atoms with E-state index in [2.05, 4.69) is 15.3 Å². The van der Waals surface area contributed by atoms with Crippen molar-refractivity contribution in [3.05, 3.63) is 60.0 Å². The number of anilines is 1. The number of hydrogen-bond acceptors (Lipinski definition) is 4. The number of aromatic nitrogens is 2. The summed E-state index contributed by atoms with van der Waals surface area (Å²) in [6.45, 7) is 0. The van der Waals surface area contributed by atoms with Crippen LogP contribution in [0.25, 0.3) is 11.0 Å². The molecule has 1 amide bonds. The molecule has 0 unspecified atom stereocenters. The van der Waals surface area contributed by atoms with Gasteiger partial charge in [0.2, 0.25) is 0 Å². The predicted molar refractivity (Wildman–Crippen MR) is 75.5 cm³/mol. The summed E-state index contributed by atoms with van der Waals surface area (Å²) in [5.74, 6) is -2.49. The van der Waals surface area contributed by atoms with E-state index in [1.165, 1.54) is 18.2 Å². The first-order chi connectivity index (χ1) is 11.0. The first-order valence-electron chi connectivity index (χ1n) is 6.38. The molecule has 3 rings (SSSR count). The number of amides is 1. The number of nitrogens with one attached hydrogen (secondary N) is 1. The van der Waals surface area contributed by atoms with Gasteiger partial charge in [-0.3, -0.25) is 5.32 Å². The normalized spacial score (nSPS) is 10.6. The lowest BCUT2D eigenvalue weighted by molar-refractivity contribution is 0.215. The maximum Gasteiger partial charge on any atom is 0.418 e. The first kappa shape index (κ1) is 14.8. The van der Waals surface area contributed by atoms with Crippen LogP contribution in [-0.4, -0.2) is 16.1 Å². The Morgan fingerprint density at radius 1 is 1.04 bits per heavy atom. The van der Waals surface area contributed by atoms with Gasteiger partial charge in [0.05, 0.1) is 11.7 Å². The molecule has 0 bridgehead atoms. The Hall–Kier alpha value is -3.16. The summed E-state index contributed by atoms with van der Waals surface area (Å²) in [6.07, 6.45) is 0.185. The summed E-state index contributed by atoms with van der Waals surface area (Å²) in [5, 5.41) is 2.29. The molecule has 0 saturated heterocycles. The lowest BCUT2D eigenvalue weighted by atomic mass is 10.3. The van der Waals surface area contributed by atoms with Gasteiger partial charge < -0.3 is 4.74 Å². The van der Waals surface area contributed by atoms with Crippen molar-refractivity contribution in [2.45, 2.75) is 0 Å². The molecule has 8 heteroatoms. The third-order valence-corrected chi connectivity index (χ3v) is 2.86. The van der Waals surface area contributed by atoms with E-state index in [-0.39, 0.29) is 22.6 Å². The number of fused-ring (bicyclic) bond motifs is 1. The van der Waals surface area contributed by atoms with Crippen LogP contribution in [0.3, 0.4) is 0 Å². The van der Waals surface area contributed by atoms with Crippen LogP contribution >= 0.6 is 0 Å². The monoisotopic (exact) mass is 319 g/mol. The van der Waals surface area contributed by atoms with Gasteiger partial charge in [-0.15, -0.1) is 0 Å². The van der Waals surface area contributed by atoms with Crippen LogP contribution in [0.15, 0.2) is 42.6 Å². The van der Waals surface area contributed by atoms with Crippen molar-refractivity contribution >= 4 is 22.9 Å². The summed E-state index contributed by atoms with van der Waals surface area (Å²) >= 11 is 0. The lowest BCUT2D eigenvalue weighted by Gasteiger charge is -2.07. The molecule has 0 aliphatic carbocycles. The summed E-state index contributed by atoms with van der Waals surface area (Å²) in [4.78, 5) is 19.3. The van der Waals surface area contributed by atoms with Crippen LogP contribution in [0.2, 0.25) is 0 Å². The Kier molecular flexibility index (Phi) is 3.80. The molecule has 0 spiro atoms. The van der Waals surface area contributed by atoms with Crippen LogP contribution < -0.4 is 10.1 Å². The van der Waals surface area contributed by atoms with Crippen molar-refractivity contribution in [3.63, 3.8) is 0 Å². The fourth-order valence-electron chi connectivity index (χ4n) is 1.83. The van der Waals surface area contributed by atoms with Crippen molar-refractivity contribution in [3.8, 4) is 5.75 Å². The van der Waals surface area contributed by atoms with Gasteiger partial charge in [0, 0.05) is 0 Å². The number of halogens is 3. The lowest BCUT2D eigenvalue weighted by Crippen LogP contribution is -2.17. The Morgan fingerprint density at radius 3 is 2.52 bits per heavy atom. The zero-order chi connectivity index (χ0) is 16.4. The highest BCUT2D eigenvalue weighted by Gasteiger charge is 2.12. The zero-order valence-electron chi connectivity index (χ0n) is 11.4. The van der Waals surface area contributed by atoms with E-state index in [9.17, 15) is 18.0 Å². The molecular weight excluding hydrogens is 311 g/mol. The largest absolute Gasteiger partial charge is 0.418 e. The zero-order valence-corrected chi connectivity index (χ0v) is 11.4. The minimum absolute atomic E-state index is 0.00406. The molecule has 0 aliphatic rings. The molecule has 2 aromatic carbocycles. The molecule has 1 N–H and O–H groups in total. The minimum Gasteiger partial charge on any atom is -0.410 e. The fraction of sp³-hybridized carbons (Fsp3) is 0. The predicted octanol–water partition coefficient (Wildman–Crippen LogP) is 3.66. The van der Waals surface area contributed by atoms with E-state index in [0.29, 0.717) is 0 Å².